The van der Waals surface area contributed by atoms with E-state index in [4.69, 9.17) is 18.0 Å². The molecule has 2 N–H and O–H groups in total. The van der Waals surface area contributed by atoms with Crippen LogP contribution in [-0.4, -0.2) is 28.2 Å². The van der Waals surface area contributed by atoms with Crippen molar-refractivity contribution < 1.29 is 9.59 Å². The summed E-state index contributed by atoms with van der Waals surface area (Å²) in [7, 11) is 0. The van der Waals surface area contributed by atoms with Gasteiger partial charge in [0, 0.05) is 6.54 Å². The Kier molecular flexibility index (Phi) is 3.13. The van der Waals surface area contributed by atoms with Crippen LogP contribution in [0.15, 0.2) is 30.3 Å². The van der Waals surface area contributed by atoms with E-state index in [9.17, 15) is 9.59 Å². The number of imide groups is 1. The molecule has 5 heteroatoms. The quantitative estimate of drug-likeness (QED) is 0.679. The normalized spacial score (nSPS) is 27.4. The maximum Gasteiger partial charge on any atom is 0.233 e. The van der Waals surface area contributed by atoms with Crippen LogP contribution in [0.2, 0.25) is 0 Å². The second kappa shape index (κ2) is 4.63. The number of carbonyl (C=O) groups excluding carboxylic acids is 2. The number of nitrogens with zero attached hydrogens (tertiary/aromatic N) is 1. The molecule has 1 aromatic rings. The number of amides is 2. The third kappa shape index (κ3) is 2.07. The summed E-state index contributed by atoms with van der Waals surface area (Å²) in [6.45, 7) is 4.19. The minimum absolute atomic E-state index is 0.0767. The van der Waals surface area contributed by atoms with Gasteiger partial charge >= 0.3 is 0 Å². The first-order chi connectivity index (χ1) is 9.85. The second-order valence-corrected chi connectivity index (χ2v) is 6.90. The first-order valence-electron chi connectivity index (χ1n) is 7.05. The van der Waals surface area contributed by atoms with Crippen molar-refractivity contribution in [2.24, 2.45) is 23.0 Å². The number of piperidine rings is 1. The van der Waals surface area contributed by atoms with Crippen LogP contribution >= 0.6 is 12.2 Å². The predicted molar refractivity (Wildman–Crippen MR) is 83.4 cm³/mol. The fourth-order valence-corrected chi connectivity index (χ4v) is 3.62. The average molecular weight is 302 g/mol. The molecule has 1 aliphatic carbocycles. The second-order valence-electron chi connectivity index (χ2n) is 6.43. The zero-order valence-electron chi connectivity index (χ0n) is 12.1. The third-order valence-electron chi connectivity index (χ3n) is 4.80. The molecule has 1 saturated heterocycles. The summed E-state index contributed by atoms with van der Waals surface area (Å²) in [5.41, 5.74) is 6.57. The van der Waals surface area contributed by atoms with Crippen LogP contribution < -0.4 is 5.73 Å². The molecule has 2 fully saturated rings. The lowest BCUT2D eigenvalue weighted by Gasteiger charge is -2.25. The average Bonchev–Trinajstić information content (AvgIpc) is 2.90. The molecule has 3 unspecified atom stereocenters. The molecular weight excluding hydrogens is 284 g/mol. The molecule has 0 bridgehead atoms. The largest absolute Gasteiger partial charge is 0.393 e. The molecule has 2 amide bonds. The van der Waals surface area contributed by atoms with Crippen molar-refractivity contribution >= 4 is 29.0 Å². The van der Waals surface area contributed by atoms with E-state index in [2.05, 4.69) is 0 Å². The summed E-state index contributed by atoms with van der Waals surface area (Å²) in [5.74, 6) is -0.755. The molecule has 4 nitrogen and oxygen atoms in total. The van der Waals surface area contributed by atoms with Crippen molar-refractivity contribution in [2.45, 2.75) is 19.8 Å². The Hall–Kier alpha value is -1.75. The standard InChI is InChI=1S/C16H18N2O2S/c1-16(2)11-12(16)15(20)18(14(11)19)8-10(13(17)21)9-6-4-3-5-7-9/h3-7,10-12H,8H2,1-2H3,(H2,17,21). The van der Waals surface area contributed by atoms with Crippen molar-refractivity contribution in [3.63, 3.8) is 0 Å². The summed E-state index contributed by atoms with van der Waals surface area (Å²) in [6, 6.07) is 9.53. The van der Waals surface area contributed by atoms with Crippen molar-refractivity contribution in [2.75, 3.05) is 6.54 Å². The van der Waals surface area contributed by atoms with Crippen molar-refractivity contribution in [3.05, 3.63) is 35.9 Å². The summed E-state index contributed by atoms with van der Waals surface area (Å²) >= 11 is 5.13. The Morgan fingerprint density at radius 3 is 2.24 bits per heavy atom. The van der Waals surface area contributed by atoms with Crippen LogP contribution in [-0.2, 0) is 9.59 Å². The molecule has 2 aliphatic rings. The molecule has 0 radical (unpaired) electrons. The number of hydrogen-bond donors (Lipinski definition) is 1. The number of carbonyl (C=O) groups is 2. The number of nitrogens with two attached hydrogens (primary N) is 1. The van der Waals surface area contributed by atoms with Crippen LogP contribution in [0.25, 0.3) is 0 Å². The Morgan fingerprint density at radius 2 is 1.76 bits per heavy atom. The van der Waals surface area contributed by atoms with Gasteiger partial charge in [-0.1, -0.05) is 56.4 Å². The molecule has 0 spiro atoms. The number of likely N-dealkylation sites (tertiary alicyclic amines) is 1. The van der Waals surface area contributed by atoms with Gasteiger partial charge in [0.2, 0.25) is 11.8 Å². The molecule has 3 rings (SSSR count). The van der Waals surface area contributed by atoms with E-state index in [1.165, 1.54) is 4.90 Å². The van der Waals surface area contributed by atoms with Gasteiger partial charge in [-0.05, 0) is 11.0 Å². The van der Waals surface area contributed by atoms with E-state index in [0.29, 0.717) is 4.99 Å². The number of benzene rings is 1. The van der Waals surface area contributed by atoms with Crippen LogP contribution in [0, 0.1) is 17.3 Å². The first kappa shape index (κ1) is 14.2. The number of fused-ring (bicyclic) bond motifs is 1. The van der Waals surface area contributed by atoms with Gasteiger partial charge in [0.25, 0.3) is 0 Å². The van der Waals surface area contributed by atoms with Gasteiger partial charge in [0.05, 0.1) is 22.7 Å². The van der Waals surface area contributed by atoms with Gasteiger partial charge in [-0.15, -0.1) is 0 Å². The fourth-order valence-electron chi connectivity index (χ4n) is 3.41. The first-order valence-corrected chi connectivity index (χ1v) is 7.46. The minimum Gasteiger partial charge on any atom is -0.393 e. The fraction of sp³-hybridized carbons (Fsp3) is 0.438. The maximum atomic E-state index is 12.4. The molecular formula is C16H18N2O2S. The number of thiocarbonyl (C=S) groups is 1. The van der Waals surface area contributed by atoms with Crippen LogP contribution in [0.3, 0.4) is 0 Å². The predicted octanol–water partition coefficient (Wildman–Crippen LogP) is 1.70. The lowest BCUT2D eigenvalue weighted by Crippen LogP contribution is -2.41. The van der Waals surface area contributed by atoms with Gasteiger partial charge in [-0.2, -0.15) is 0 Å². The van der Waals surface area contributed by atoms with Crippen LogP contribution in [0.5, 0.6) is 0 Å². The molecule has 110 valence electrons. The van der Waals surface area contributed by atoms with Gasteiger partial charge in [0.1, 0.15) is 0 Å². The number of hydrogen-bond acceptors (Lipinski definition) is 3. The van der Waals surface area contributed by atoms with E-state index in [0.717, 1.165) is 5.56 Å². The van der Waals surface area contributed by atoms with Crippen molar-refractivity contribution in [3.8, 4) is 0 Å². The molecule has 1 aromatic carbocycles. The Balaban J connectivity index is 1.81. The highest BCUT2D eigenvalue weighted by atomic mass is 32.1. The Bertz CT molecular complexity index is 602. The molecule has 1 aliphatic heterocycles. The summed E-state index contributed by atoms with van der Waals surface area (Å²) < 4.78 is 0. The summed E-state index contributed by atoms with van der Waals surface area (Å²) in [5, 5.41) is 0. The van der Waals surface area contributed by atoms with Gasteiger partial charge in [0.15, 0.2) is 0 Å². The maximum absolute atomic E-state index is 12.4. The molecule has 3 atom stereocenters. The van der Waals surface area contributed by atoms with Gasteiger partial charge in [-0.25, -0.2) is 0 Å². The minimum atomic E-state index is -0.283. The highest BCUT2D eigenvalue weighted by molar-refractivity contribution is 7.80. The van der Waals surface area contributed by atoms with Crippen LogP contribution in [0.4, 0.5) is 0 Å². The van der Waals surface area contributed by atoms with E-state index in [1.807, 2.05) is 44.2 Å². The van der Waals surface area contributed by atoms with E-state index in [1.54, 1.807) is 0 Å². The summed E-state index contributed by atoms with van der Waals surface area (Å²) in [6.07, 6.45) is 0. The zero-order valence-corrected chi connectivity index (χ0v) is 12.9. The Morgan fingerprint density at radius 1 is 1.24 bits per heavy atom. The van der Waals surface area contributed by atoms with E-state index < -0.39 is 0 Å². The topological polar surface area (TPSA) is 63.4 Å². The van der Waals surface area contributed by atoms with Crippen molar-refractivity contribution in [1.29, 1.82) is 0 Å². The number of rotatable bonds is 4. The molecule has 21 heavy (non-hydrogen) atoms. The monoisotopic (exact) mass is 302 g/mol. The smallest absolute Gasteiger partial charge is 0.233 e. The lowest BCUT2D eigenvalue weighted by atomic mass is 9.97. The third-order valence-corrected chi connectivity index (χ3v) is 5.09. The molecule has 0 aromatic heterocycles. The Labute approximate surface area is 129 Å². The SMILES string of the molecule is CC1(C)C2C(=O)N(CC(C(N)=S)c3ccccc3)C(=O)C21. The molecule has 1 saturated carbocycles. The van der Waals surface area contributed by atoms with Gasteiger partial charge in [-0.3, -0.25) is 14.5 Å². The molecule has 1 heterocycles. The van der Waals surface area contributed by atoms with E-state index >= 15 is 0 Å². The van der Waals surface area contributed by atoms with E-state index in [-0.39, 0.29) is 41.5 Å². The lowest BCUT2D eigenvalue weighted by molar-refractivity contribution is -0.143. The van der Waals surface area contributed by atoms with Crippen LogP contribution in [0.1, 0.15) is 25.3 Å². The van der Waals surface area contributed by atoms with Crippen molar-refractivity contribution in [1.82, 2.24) is 4.90 Å². The highest BCUT2D eigenvalue weighted by Gasteiger charge is 2.72. The zero-order chi connectivity index (χ0) is 15.4. The van der Waals surface area contributed by atoms with Gasteiger partial charge < -0.3 is 5.73 Å². The summed E-state index contributed by atoms with van der Waals surface area (Å²) in [4.78, 5) is 26.4. The highest BCUT2D eigenvalue weighted by Crippen LogP contribution is 2.63.